The maximum atomic E-state index is 3.54. The predicted molar refractivity (Wildman–Crippen MR) is 32.0 cm³/mol. The summed E-state index contributed by atoms with van der Waals surface area (Å²) in [7, 11) is 0.878. The molecule has 0 aromatic heterocycles. The van der Waals surface area contributed by atoms with Gasteiger partial charge < -0.3 is 0 Å². The molecule has 0 aromatic rings. The molecule has 0 aliphatic rings. The van der Waals surface area contributed by atoms with Crippen LogP contribution in [0.4, 0.5) is 0 Å². The highest BCUT2D eigenvalue weighted by molar-refractivity contribution is 8.50. The summed E-state index contributed by atoms with van der Waals surface area (Å²) in [6, 6.07) is 0. The second-order valence-electron chi connectivity index (χ2n) is 0.526. The van der Waals surface area contributed by atoms with E-state index in [-0.39, 0.29) is 0 Å². The van der Waals surface area contributed by atoms with Crippen LogP contribution in [0.25, 0.3) is 0 Å². The van der Waals surface area contributed by atoms with Gasteiger partial charge in [-0.15, -0.1) is 11.4 Å². The van der Waals surface area contributed by atoms with Crippen molar-refractivity contribution >= 4 is 19.2 Å². The Morgan fingerprint density at radius 3 is 2.60 bits per heavy atom. The molecule has 2 heteroatoms. The summed E-state index contributed by atoms with van der Waals surface area (Å²) < 4.78 is 0. The minimum Gasteiger partial charge on any atom is -0.137 e. The molecule has 0 nitrogen and oxygen atoms in total. The molecule has 0 aliphatic heterocycles. The van der Waals surface area contributed by atoms with Gasteiger partial charge in [0.1, 0.15) is 0 Å². The van der Waals surface area contributed by atoms with Gasteiger partial charge in [-0.25, -0.2) is 0 Å². The van der Waals surface area contributed by atoms with Crippen LogP contribution in [-0.2, 0) is 0 Å². The third kappa shape index (κ3) is 4.52. The van der Waals surface area contributed by atoms with Crippen molar-refractivity contribution in [1.82, 2.24) is 0 Å². The van der Waals surface area contributed by atoms with E-state index in [4.69, 9.17) is 0 Å². The first-order valence-electron chi connectivity index (χ1n) is 1.31. The molecule has 0 radical (unpaired) electrons. The van der Waals surface area contributed by atoms with E-state index in [0.717, 1.165) is 7.78 Å². The topological polar surface area (TPSA) is 0 Å². The third-order valence-corrected chi connectivity index (χ3v) is 1.81. The Bertz CT molecular complexity index is 28.1. The lowest BCUT2D eigenvalue weighted by Crippen LogP contribution is -1.23. The van der Waals surface area contributed by atoms with Crippen molar-refractivity contribution in [3.8, 4) is 0 Å². The van der Waals surface area contributed by atoms with E-state index in [2.05, 4.69) is 12.8 Å². The smallest absolute Gasteiger partial charge is 0.0142 e. The fourth-order valence-corrected chi connectivity index (χ4v) is 0.750. The monoisotopic (exact) mass is 106 g/mol. The summed E-state index contributed by atoms with van der Waals surface area (Å²) >= 11 is 1.81. The molecule has 0 bridgehead atoms. The third-order valence-electron chi connectivity index (χ3n) is 0.201. The first-order chi connectivity index (χ1) is 2.41. The average Bonchev–Trinajstić information content (AvgIpc) is 1.41. The molecule has 1 atom stereocenters. The molecular formula is C3H7PS. The van der Waals surface area contributed by atoms with Crippen LogP contribution in [0.3, 0.4) is 0 Å². The van der Waals surface area contributed by atoms with Gasteiger partial charge in [-0.05, 0) is 14.0 Å². The summed E-state index contributed by atoms with van der Waals surface area (Å²) in [6.45, 7) is 3.54. The molecule has 0 aliphatic carbocycles. The fourth-order valence-electron chi connectivity index (χ4n) is 0.0833. The standard InChI is InChI=1S/C3H7PS/c1-3-4-5-2/h3-4H,1H2,2H3. The van der Waals surface area contributed by atoms with Gasteiger partial charge >= 0.3 is 0 Å². The van der Waals surface area contributed by atoms with Crippen molar-refractivity contribution in [2.75, 3.05) is 6.26 Å². The van der Waals surface area contributed by atoms with Crippen molar-refractivity contribution in [1.29, 1.82) is 0 Å². The summed E-state index contributed by atoms with van der Waals surface area (Å²) in [4.78, 5) is 0. The summed E-state index contributed by atoms with van der Waals surface area (Å²) in [6.07, 6.45) is 2.07. The van der Waals surface area contributed by atoms with Crippen LogP contribution in [-0.4, -0.2) is 6.26 Å². The zero-order chi connectivity index (χ0) is 4.12. The van der Waals surface area contributed by atoms with Crippen molar-refractivity contribution in [2.45, 2.75) is 0 Å². The normalized spacial score (nSPS) is 9.80. The highest BCUT2D eigenvalue weighted by Crippen LogP contribution is 2.25. The molecule has 0 fully saturated rings. The molecule has 30 valence electrons. The molecule has 0 spiro atoms. The molecule has 0 saturated heterocycles. The molecule has 0 aromatic carbocycles. The fraction of sp³-hybridized carbons (Fsp3) is 0.333. The van der Waals surface area contributed by atoms with Gasteiger partial charge in [0.05, 0.1) is 0 Å². The predicted octanol–water partition coefficient (Wildman–Crippen LogP) is 2.09. The van der Waals surface area contributed by atoms with Crippen LogP contribution in [0.2, 0.25) is 0 Å². The van der Waals surface area contributed by atoms with E-state index in [1.54, 1.807) is 0 Å². The van der Waals surface area contributed by atoms with E-state index in [0.29, 0.717) is 0 Å². The Balaban J connectivity index is 2.40. The second kappa shape index (κ2) is 4.52. The van der Waals surface area contributed by atoms with Crippen molar-refractivity contribution in [3.63, 3.8) is 0 Å². The maximum absolute atomic E-state index is 3.54. The number of hydrogen-bond acceptors (Lipinski definition) is 1. The largest absolute Gasteiger partial charge is 0.137 e. The highest BCUT2D eigenvalue weighted by atomic mass is 32.7. The summed E-state index contributed by atoms with van der Waals surface area (Å²) in [5.74, 6) is 1.92. The Morgan fingerprint density at radius 1 is 2.00 bits per heavy atom. The van der Waals surface area contributed by atoms with Gasteiger partial charge in [0.25, 0.3) is 0 Å². The van der Waals surface area contributed by atoms with Crippen LogP contribution in [0.1, 0.15) is 0 Å². The Kier molecular flexibility index (Phi) is 4.99. The molecular weight excluding hydrogens is 99.1 g/mol. The SMILES string of the molecule is C=CPSC. The molecule has 0 saturated carbocycles. The van der Waals surface area contributed by atoms with E-state index in [1.807, 2.05) is 17.2 Å². The van der Waals surface area contributed by atoms with Crippen LogP contribution in [0.15, 0.2) is 12.4 Å². The van der Waals surface area contributed by atoms with Gasteiger partial charge in [0.15, 0.2) is 0 Å². The minimum absolute atomic E-state index is 0.878. The van der Waals surface area contributed by atoms with Crippen molar-refractivity contribution in [3.05, 3.63) is 12.4 Å². The lowest BCUT2D eigenvalue weighted by molar-refractivity contribution is 2.54. The first-order valence-corrected chi connectivity index (χ1v) is 4.34. The van der Waals surface area contributed by atoms with Gasteiger partial charge in [-0.2, -0.15) is 0 Å². The lowest BCUT2D eigenvalue weighted by Gasteiger charge is -1.74. The van der Waals surface area contributed by atoms with Gasteiger partial charge in [0.2, 0.25) is 0 Å². The van der Waals surface area contributed by atoms with Crippen molar-refractivity contribution < 1.29 is 0 Å². The Labute approximate surface area is 38.6 Å². The Hall–Kier alpha value is 0.520. The van der Waals surface area contributed by atoms with Crippen LogP contribution >= 0.6 is 19.2 Å². The highest BCUT2D eigenvalue weighted by Gasteiger charge is 1.60. The molecule has 0 heterocycles. The van der Waals surface area contributed by atoms with Crippen LogP contribution in [0, 0.1) is 0 Å². The molecule has 5 heavy (non-hydrogen) atoms. The van der Waals surface area contributed by atoms with E-state index >= 15 is 0 Å². The minimum atomic E-state index is 0.878. The Morgan fingerprint density at radius 2 is 2.60 bits per heavy atom. The summed E-state index contributed by atoms with van der Waals surface area (Å²) in [5, 5.41) is 0. The van der Waals surface area contributed by atoms with Crippen LogP contribution in [0.5, 0.6) is 0 Å². The number of hydrogen-bond donors (Lipinski definition) is 0. The molecule has 0 rings (SSSR count). The molecule has 0 amide bonds. The quantitative estimate of drug-likeness (QED) is 0.486. The van der Waals surface area contributed by atoms with Crippen LogP contribution < -0.4 is 0 Å². The van der Waals surface area contributed by atoms with Gasteiger partial charge in [0, 0.05) is 0 Å². The second-order valence-corrected chi connectivity index (χ2v) is 3.51. The molecule has 1 unspecified atom stereocenters. The maximum Gasteiger partial charge on any atom is -0.0142 e. The van der Waals surface area contributed by atoms with E-state index < -0.39 is 0 Å². The first kappa shape index (κ1) is 5.52. The zero-order valence-electron chi connectivity index (χ0n) is 3.19. The molecule has 0 N–H and O–H groups in total. The van der Waals surface area contributed by atoms with Gasteiger partial charge in [-0.1, -0.05) is 12.4 Å². The lowest BCUT2D eigenvalue weighted by atomic mass is 11.3. The van der Waals surface area contributed by atoms with E-state index in [1.165, 1.54) is 0 Å². The van der Waals surface area contributed by atoms with Gasteiger partial charge in [-0.3, -0.25) is 0 Å². The zero-order valence-corrected chi connectivity index (χ0v) is 5.01. The van der Waals surface area contributed by atoms with Crippen molar-refractivity contribution in [2.24, 2.45) is 0 Å². The average molecular weight is 106 g/mol. The number of rotatable bonds is 2. The summed E-state index contributed by atoms with van der Waals surface area (Å²) in [5.41, 5.74) is 0. The van der Waals surface area contributed by atoms with E-state index in [9.17, 15) is 0 Å².